The van der Waals surface area contributed by atoms with E-state index in [1.165, 1.54) is 0 Å². The van der Waals surface area contributed by atoms with Crippen molar-refractivity contribution in [1.82, 2.24) is 9.97 Å². The van der Waals surface area contributed by atoms with Gasteiger partial charge in [-0.3, -0.25) is 4.79 Å². The lowest BCUT2D eigenvalue weighted by molar-refractivity contribution is 0.104. The normalized spacial score (nSPS) is 17.9. The van der Waals surface area contributed by atoms with Crippen LogP contribution in [0.15, 0.2) is 67.0 Å². The van der Waals surface area contributed by atoms with Gasteiger partial charge in [-0.1, -0.05) is 29.8 Å². The molecule has 2 unspecified atom stereocenters. The first-order chi connectivity index (χ1) is 16.1. The number of anilines is 1. The van der Waals surface area contributed by atoms with Crippen molar-refractivity contribution in [2.45, 2.75) is 25.3 Å². The number of H-pyrrole nitrogens is 1. The highest BCUT2D eigenvalue weighted by molar-refractivity contribution is 6.35. The largest absolute Gasteiger partial charge is 0.457 e. The number of benzene rings is 2. The standard InChI is InChI=1S/C26H24ClN3O3/c27-22-13-19(33-18-4-2-1-3-5-18)8-9-20(22)25(32)21-14-29-26-24(21)23(10-11-28-26)30-17-7-6-16(12-17)15-31/h1-5,8-11,13-14,16-17,31H,6-7,12,15H2,(H2,28,29,30). The van der Waals surface area contributed by atoms with E-state index in [0.29, 0.717) is 39.2 Å². The third-order valence-electron chi connectivity index (χ3n) is 6.14. The second kappa shape index (κ2) is 9.25. The summed E-state index contributed by atoms with van der Waals surface area (Å²) in [6.07, 6.45) is 6.28. The van der Waals surface area contributed by atoms with E-state index in [4.69, 9.17) is 16.3 Å². The Labute approximate surface area is 196 Å². The topological polar surface area (TPSA) is 87.2 Å². The van der Waals surface area contributed by atoms with E-state index < -0.39 is 0 Å². The zero-order chi connectivity index (χ0) is 22.8. The first kappa shape index (κ1) is 21.5. The van der Waals surface area contributed by atoms with Gasteiger partial charge >= 0.3 is 0 Å². The highest BCUT2D eigenvalue weighted by Gasteiger charge is 2.26. The van der Waals surface area contributed by atoms with Gasteiger partial charge in [0.15, 0.2) is 5.78 Å². The molecule has 1 aliphatic carbocycles. The molecule has 0 saturated heterocycles. The average Bonchev–Trinajstić information content (AvgIpc) is 3.47. The molecule has 2 aromatic heterocycles. The fraction of sp³-hybridized carbons (Fsp3) is 0.231. The summed E-state index contributed by atoms with van der Waals surface area (Å²) in [5, 5.41) is 14.1. The molecule has 2 aromatic carbocycles. The van der Waals surface area contributed by atoms with Gasteiger partial charge < -0.3 is 20.1 Å². The molecule has 2 heterocycles. The quantitative estimate of drug-likeness (QED) is 0.302. The van der Waals surface area contributed by atoms with Crippen LogP contribution in [0.1, 0.15) is 35.2 Å². The predicted molar refractivity (Wildman–Crippen MR) is 129 cm³/mol. The molecule has 0 spiro atoms. The van der Waals surface area contributed by atoms with Crippen molar-refractivity contribution >= 4 is 34.1 Å². The number of pyridine rings is 1. The Balaban J connectivity index is 1.43. The van der Waals surface area contributed by atoms with Gasteiger partial charge in [0, 0.05) is 42.4 Å². The van der Waals surface area contributed by atoms with Crippen LogP contribution in [0.3, 0.4) is 0 Å². The molecule has 6 nitrogen and oxygen atoms in total. The number of aromatic amines is 1. The minimum absolute atomic E-state index is 0.187. The van der Waals surface area contributed by atoms with Gasteiger partial charge in [-0.05, 0) is 55.5 Å². The van der Waals surface area contributed by atoms with Gasteiger partial charge in [-0.15, -0.1) is 0 Å². The molecular formula is C26H24ClN3O3. The summed E-state index contributed by atoms with van der Waals surface area (Å²) < 4.78 is 5.83. The highest BCUT2D eigenvalue weighted by Crippen LogP contribution is 2.34. The predicted octanol–water partition coefficient (Wildman–Crippen LogP) is 5.81. The van der Waals surface area contributed by atoms with Crippen LogP contribution in [0.5, 0.6) is 11.5 Å². The van der Waals surface area contributed by atoms with Gasteiger partial charge in [-0.25, -0.2) is 4.98 Å². The summed E-state index contributed by atoms with van der Waals surface area (Å²) >= 11 is 6.50. The Hall–Kier alpha value is -3.35. The summed E-state index contributed by atoms with van der Waals surface area (Å²) in [4.78, 5) is 21.0. The molecule has 2 atom stereocenters. The van der Waals surface area contributed by atoms with Crippen LogP contribution in [0, 0.1) is 5.92 Å². The number of rotatable bonds is 7. The van der Waals surface area contributed by atoms with E-state index in [-0.39, 0.29) is 18.4 Å². The van der Waals surface area contributed by atoms with Gasteiger partial charge in [0.05, 0.1) is 16.0 Å². The molecule has 3 N–H and O–H groups in total. The molecule has 0 aliphatic heterocycles. The van der Waals surface area contributed by atoms with Crippen LogP contribution in [0.2, 0.25) is 5.02 Å². The summed E-state index contributed by atoms with van der Waals surface area (Å²) in [7, 11) is 0. The Morgan fingerprint density at radius 3 is 2.73 bits per heavy atom. The van der Waals surface area contributed by atoms with Gasteiger partial charge in [0.1, 0.15) is 17.1 Å². The smallest absolute Gasteiger partial charge is 0.196 e. The molecule has 1 saturated carbocycles. The Bertz CT molecular complexity index is 1290. The van der Waals surface area contributed by atoms with E-state index in [0.717, 1.165) is 30.3 Å². The molecule has 4 aromatic rings. The van der Waals surface area contributed by atoms with Crippen molar-refractivity contribution < 1.29 is 14.6 Å². The third-order valence-corrected chi connectivity index (χ3v) is 6.45. The summed E-state index contributed by atoms with van der Waals surface area (Å²) in [6, 6.07) is 16.6. The number of carbonyl (C=O) groups excluding carboxylic acids is 1. The fourth-order valence-corrected chi connectivity index (χ4v) is 4.72. The molecule has 168 valence electrons. The summed E-state index contributed by atoms with van der Waals surface area (Å²) in [5.74, 6) is 1.39. The zero-order valence-corrected chi connectivity index (χ0v) is 18.7. The van der Waals surface area contributed by atoms with Crippen LogP contribution in [-0.2, 0) is 0 Å². The molecule has 0 radical (unpaired) electrons. The molecule has 0 amide bonds. The fourth-order valence-electron chi connectivity index (χ4n) is 4.46. The number of hydrogen-bond donors (Lipinski definition) is 3. The van der Waals surface area contributed by atoms with Crippen LogP contribution >= 0.6 is 11.6 Å². The number of halogens is 1. The van der Waals surface area contributed by atoms with Crippen LogP contribution in [-0.4, -0.2) is 33.5 Å². The lowest BCUT2D eigenvalue weighted by Gasteiger charge is -2.16. The van der Waals surface area contributed by atoms with Gasteiger partial charge in [0.2, 0.25) is 0 Å². The van der Waals surface area contributed by atoms with Crippen LogP contribution in [0.25, 0.3) is 11.0 Å². The highest BCUT2D eigenvalue weighted by atomic mass is 35.5. The van der Waals surface area contributed by atoms with Gasteiger partial charge in [-0.2, -0.15) is 0 Å². The van der Waals surface area contributed by atoms with Crippen molar-refractivity contribution in [3.63, 3.8) is 0 Å². The number of aliphatic hydroxyl groups is 1. The maximum Gasteiger partial charge on any atom is 0.196 e. The second-order valence-corrected chi connectivity index (χ2v) is 8.78. The Morgan fingerprint density at radius 1 is 1.12 bits per heavy atom. The lowest BCUT2D eigenvalue weighted by atomic mass is 10.0. The van der Waals surface area contributed by atoms with E-state index >= 15 is 0 Å². The zero-order valence-electron chi connectivity index (χ0n) is 17.9. The molecule has 7 heteroatoms. The second-order valence-electron chi connectivity index (χ2n) is 8.37. The minimum atomic E-state index is -0.187. The third kappa shape index (κ3) is 4.45. The number of fused-ring (bicyclic) bond motifs is 1. The number of ether oxygens (including phenoxy) is 1. The first-order valence-corrected chi connectivity index (χ1v) is 11.4. The first-order valence-electron chi connectivity index (χ1n) is 11.0. The maximum absolute atomic E-state index is 13.5. The van der Waals surface area contributed by atoms with Gasteiger partial charge in [0.25, 0.3) is 0 Å². The number of aliphatic hydroxyl groups excluding tert-OH is 1. The van der Waals surface area contributed by atoms with Crippen molar-refractivity contribution in [2.24, 2.45) is 5.92 Å². The SMILES string of the molecule is O=C(c1ccc(Oc2ccccc2)cc1Cl)c1c[nH]c2nccc(NC3CCC(CO)C3)c12. The van der Waals surface area contributed by atoms with Crippen molar-refractivity contribution in [2.75, 3.05) is 11.9 Å². The molecule has 1 aliphatic rings. The average molecular weight is 462 g/mol. The van der Waals surface area contributed by atoms with E-state index in [9.17, 15) is 9.90 Å². The number of nitrogens with one attached hydrogen (secondary N) is 2. The van der Waals surface area contributed by atoms with E-state index in [1.54, 1.807) is 30.6 Å². The lowest BCUT2D eigenvalue weighted by Crippen LogP contribution is -2.16. The number of nitrogens with zero attached hydrogens (tertiary/aromatic N) is 1. The maximum atomic E-state index is 13.5. The van der Waals surface area contributed by atoms with Crippen molar-refractivity contribution in [3.05, 3.63) is 83.1 Å². The van der Waals surface area contributed by atoms with Crippen LogP contribution < -0.4 is 10.1 Å². The monoisotopic (exact) mass is 461 g/mol. The molecule has 1 fully saturated rings. The van der Waals surface area contributed by atoms with E-state index in [2.05, 4.69) is 15.3 Å². The number of para-hydroxylation sites is 1. The summed E-state index contributed by atoms with van der Waals surface area (Å²) in [5.41, 5.74) is 2.40. The van der Waals surface area contributed by atoms with Crippen LogP contribution in [0.4, 0.5) is 5.69 Å². The Morgan fingerprint density at radius 2 is 1.97 bits per heavy atom. The number of ketones is 1. The van der Waals surface area contributed by atoms with Crippen molar-refractivity contribution in [1.29, 1.82) is 0 Å². The molecule has 33 heavy (non-hydrogen) atoms. The number of aromatic nitrogens is 2. The number of carbonyl (C=O) groups is 1. The van der Waals surface area contributed by atoms with Crippen molar-refractivity contribution in [3.8, 4) is 11.5 Å². The molecule has 0 bridgehead atoms. The number of hydrogen-bond acceptors (Lipinski definition) is 5. The Kier molecular flexibility index (Phi) is 6.03. The minimum Gasteiger partial charge on any atom is -0.457 e. The molecular weight excluding hydrogens is 438 g/mol. The summed E-state index contributed by atoms with van der Waals surface area (Å²) in [6.45, 7) is 0.209. The molecule has 5 rings (SSSR count). The van der Waals surface area contributed by atoms with E-state index in [1.807, 2.05) is 36.4 Å².